The number of carbonyl (C=O) groups is 2. The van der Waals surface area contributed by atoms with Gasteiger partial charge in [-0.25, -0.2) is 0 Å². The minimum atomic E-state index is -0.322. The first-order valence-electron chi connectivity index (χ1n) is 9.27. The molecule has 0 aliphatic carbocycles. The molecule has 6 nitrogen and oxygen atoms in total. The summed E-state index contributed by atoms with van der Waals surface area (Å²) in [4.78, 5) is 25.0. The van der Waals surface area contributed by atoms with Crippen LogP contribution in [-0.4, -0.2) is 22.0 Å². The van der Waals surface area contributed by atoms with E-state index in [1.165, 1.54) is 11.3 Å². The largest absolute Gasteiger partial charge is 0.322 e. The van der Waals surface area contributed by atoms with Crippen molar-refractivity contribution in [3.63, 3.8) is 0 Å². The molecular formula is C23H18N4O2S. The fraction of sp³-hybridized carbons (Fsp3) is 0.0435. The Morgan fingerprint density at radius 3 is 2.27 bits per heavy atom. The molecule has 0 saturated heterocycles. The van der Waals surface area contributed by atoms with E-state index in [0.717, 1.165) is 16.1 Å². The van der Waals surface area contributed by atoms with E-state index in [4.69, 9.17) is 0 Å². The van der Waals surface area contributed by atoms with E-state index >= 15 is 0 Å². The van der Waals surface area contributed by atoms with Gasteiger partial charge in [-0.05, 0) is 37.3 Å². The second-order valence-corrected chi connectivity index (χ2v) is 7.61. The minimum Gasteiger partial charge on any atom is -0.322 e. The van der Waals surface area contributed by atoms with Crippen molar-refractivity contribution in [2.24, 2.45) is 0 Å². The molecule has 4 rings (SSSR count). The number of hydrogen-bond acceptors (Lipinski definition) is 5. The van der Waals surface area contributed by atoms with E-state index in [1.807, 2.05) is 49.4 Å². The highest BCUT2D eigenvalue weighted by Crippen LogP contribution is 2.26. The van der Waals surface area contributed by atoms with E-state index in [9.17, 15) is 9.59 Å². The number of nitrogens with one attached hydrogen (secondary N) is 2. The third-order valence-corrected chi connectivity index (χ3v) is 5.25. The van der Waals surface area contributed by atoms with Gasteiger partial charge in [0.15, 0.2) is 0 Å². The topological polar surface area (TPSA) is 84.0 Å². The normalized spacial score (nSPS) is 10.4. The molecule has 0 saturated carbocycles. The second kappa shape index (κ2) is 8.67. The first-order chi connectivity index (χ1) is 14.6. The van der Waals surface area contributed by atoms with Crippen molar-refractivity contribution in [1.29, 1.82) is 0 Å². The fourth-order valence-corrected chi connectivity index (χ4v) is 3.53. The standard InChI is InChI=1S/C23H18N4O2S/c1-15-10-12-16(13-11-15)20(28)24-19-9-5-8-18(14-19)21(29)25-23-27-26-22(30-23)17-6-3-2-4-7-17/h2-14H,1H3,(H,24,28)(H,25,27,29). The number of anilines is 2. The molecule has 0 aliphatic heterocycles. The van der Waals surface area contributed by atoms with Crippen LogP contribution in [-0.2, 0) is 0 Å². The Morgan fingerprint density at radius 2 is 1.50 bits per heavy atom. The average molecular weight is 414 g/mol. The van der Waals surface area contributed by atoms with E-state index in [2.05, 4.69) is 20.8 Å². The lowest BCUT2D eigenvalue weighted by Crippen LogP contribution is -2.14. The molecular weight excluding hydrogens is 396 g/mol. The van der Waals surface area contributed by atoms with Gasteiger partial charge in [0.1, 0.15) is 5.01 Å². The van der Waals surface area contributed by atoms with Gasteiger partial charge >= 0.3 is 0 Å². The number of aryl methyl sites for hydroxylation is 1. The van der Waals surface area contributed by atoms with E-state index in [1.54, 1.807) is 36.4 Å². The molecule has 30 heavy (non-hydrogen) atoms. The highest BCUT2D eigenvalue weighted by Gasteiger charge is 2.13. The van der Waals surface area contributed by atoms with Crippen LogP contribution in [0.2, 0.25) is 0 Å². The Kier molecular flexibility index (Phi) is 5.63. The summed E-state index contributed by atoms with van der Waals surface area (Å²) < 4.78 is 0. The molecule has 1 heterocycles. The van der Waals surface area contributed by atoms with Crippen molar-refractivity contribution >= 4 is 34.0 Å². The Hall–Kier alpha value is -3.84. The molecule has 4 aromatic rings. The zero-order valence-electron chi connectivity index (χ0n) is 16.1. The molecule has 3 aromatic carbocycles. The minimum absolute atomic E-state index is 0.232. The highest BCUT2D eigenvalue weighted by molar-refractivity contribution is 7.18. The van der Waals surface area contributed by atoms with Gasteiger partial charge in [0.25, 0.3) is 11.8 Å². The van der Waals surface area contributed by atoms with Crippen LogP contribution >= 0.6 is 11.3 Å². The summed E-state index contributed by atoms with van der Waals surface area (Å²) in [6.45, 7) is 1.96. The summed E-state index contributed by atoms with van der Waals surface area (Å²) in [6, 6.07) is 23.7. The summed E-state index contributed by atoms with van der Waals surface area (Å²) in [5.74, 6) is -0.554. The number of benzene rings is 3. The summed E-state index contributed by atoms with van der Waals surface area (Å²) in [5, 5.41) is 14.9. The quantitative estimate of drug-likeness (QED) is 0.480. The Balaban J connectivity index is 1.44. The maximum atomic E-state index is 12.6. The lowest BCUT2D eigenvalue weighted by Gasteiger charge is -2.07. The average Bonchev–Trinajstić information content (AvgIpc) is 3.23. The van der Waals surface area contributed by atoms with Crippen LogP contribution in [0.1, 0.15) is 26.3 Å². The number of hydrogen-bond donors (Lipinski definition) is 2. The van der Waals surface area contributed by atoms with Gasteiger partial charge in [0.2, 0.25) is 5.13 Å². The van der Waals surface area contributed by atoms with Gasteiger partial charge in [-0.1, -0.05) is 65.4 Å². The summed E-state index contributed by atoms with van der Waals surface area (Å²) in [6.07, 6.45) is 0. The molecule has 0 radical (unpaired) electrons. The molecule has 0 atom stereocenters. The van der Waals surface area contributed by atoms with Crippen LogP contribution in [0.4, 0.5) is 10.8 Å². The molecule has 0 fully saturated rings. The van der Waals surface area contributed by atoms with Crippen molar-refractivity contribution in [3.8, 4) is 10.6 Å². The van der Waals surface area contributed by atoms with E-state index in [0.29, 0.717) is 21.9 Å². The molecule has 0 unspecified atom stereocenters. The molecule has 1 aromatic heterocycles. The number of rotatable bonds is 5. The van der Waals surface area contributed by atoms with Crippen molar-refractivity contribution in [3.05, 3.63) is 95.6 Å². The zero-order valence-corrected chi connectivity index (χ0v) is 16.9. The fourth-order valence-electron chi connectivity index (χ4n) is 2.79. The smallest absolute Gasteiger partial charge is 0.257 e. The van der Waals surface area contributed by atoms with Crippen LogP contribution in [0.25, 0.3) is 10.6 Å². The van der Waals surface area contributed by atoms with Gasteiger partial charge in [-0.15, -0.1) is 10.2 Å². The molecule has 7 heteroatoms. The van der Waals surface area contributed by atoms with Crippen molar-refractivity contribution in [2.45, 2.75) is 6.92 Å². The summed E-state index contributed by atoms with van der Waals surface area (Å²) >= 11 is 1.30. The number of amides is 2. The van der Waals surface area contributed by atoms with Gasteiger partial charge < -0.3 is 5.32 Å². The van der Waals surface area contributed by atoms with Crippen LogP contribution in [0, 0.1) is 6.92 Å². The maximum Gasteiger partial charge on any atom is 0.257 e. The number of carbonyl (C=O) groups excluding carboxylic acids is 2. The van der Waals surface area contributed by atoms with Gasteiger partial charge in [0.05, 0.1) is 0 Å². The number of aromatic nitrogens is 2. The van der Waals surface area contributed by atoms with Gasteiger partial charge in [-0.3, -0.25) is 14.9 Å². The van der Waals surface area contributed by atoms with Crippen molar-refractivity contribution in [1.82, 2.24) is 10.2 Å². The molecule has 2 N–H and O–H groups in total. The van der Waals surface area contributed by atoms with E-state index < -0.39 is 0 Å². The molecule has 0 spiro atoms. The van der Waals surface area contributed by atoms with Crippen molar-refractivity contribution in [2.75, 3.05) is 10.6 Å². The first kappa shape index (κ1) is 19.5. The van der Waals surface area contributed by atoms with Gasteiger partial charge in [-0.2, -0.15) is 0 Å². The molecule has 148 valence electrons. The Labute approximate surface area is 177 Å². The predicted molar refractivity (Wildman–Crippen MR) is 119 cm³/mol. The third-order valence-electron chi connectivity index (χ3n) is 4.36. The van der Waals surface area contributed by atoms with Crippen molar-refractivity contribution < 1.29 is 9.59 Å². The van der Waals surface area contributed by atoms with Crippen LogP contribution in [0.5, 0.6) is 0 Å². The van der Waals surface area contributed by atoms with Crippen LogP contribution in [0.3, 0.4) is 0 Å². The zero-order chi connectivity index (χ0) is 20.9. The van der Waals surface area contributed by atoms with Crippen LogP contribution < -0.4 is 10.6 Å². The predicted octanol–water partition coefficient (Wildman–Crippen LogP) is 5.02. The second-order valence-electron chi connectivity index (χ2n) is 6.63. The Bertz CT molecular complexity index is 1190. The molecule has 0 bridgehead atoms. The third kappa shape index (κ3) is 4.59. The van der Waals surface area contributed by atoms with E-state index in [-0.39, 0.29) is 11.8 Å². The Morgan fingerprint density at radius 1 is 0.767 bits per heavy atom. The summed E-state index contributed by atoms with van der Waals surface area (Å²) in [5.41, 5.74) is 3.52. The maximum absolute atomic E-state index is 12.6. The number of nitrogens with zero attached hydrogens (tertiary/aromatic N) is 2. The van der Waals surface area contributed by atoms with Crippen LogP contribution in [0.15, 0.2) is 78.9 Å². The highest BCUT2D eigenvalue weighted by atomic mass is 32.1. The SMILES string of the molecule is Cc1ccc(C(=O)Nc2cccc(C(=O)Nc3nnc(-c4ccccc4)s3)c2)cc1. The summed E-state index contributed by atoms with van der Waals surface area (Å²) in [7, 11) is 0. The monoisotopic (exact) mass is 414 g/mol. The lowest BCUT2D eigenvalue weighted by atomic mass is 10.1. The lowest BCUT2D eigenvalue weighted by molar-refractivity contribution is 0.101. The molecule has 0 aliphatic rings. The molecule has 2 amide bonds. The first-order valence-corrected chi connectivity index (χ1v) is 10.1. The van der Waals surface area contributed by atoms with Gasteiger partial charge in [0, 0.05) is 22.4 Å².